The number of sulfonamides is 1. The van der Waals surface area contributed by atoms with Crippen LogP contribution in [-0.4, -0.2) is 29.9 Å². The molecule has 4 aromatic rings. The van der Waals surface area contributed by atoms with E-state index in [1.807, 2.05) is 30.3 Å². The number of fused-ring (bicyclic) bond motifs is 1. The summed E-state index contributed by atoms with van der Waals surface area (Å²) < 4.78 is 48.1. The van der Waals surface area contributed by atoms with Crippen LogP contribution < -0.4 is 4.72 Å². The van der Waals surface area contributed by atoms with Crippen LogP contribution in [0.1, 0.15) is 20.8 Å². The van der Waals surface area contributed by atoms with Gasteiger partial charge in [-0.05, 0) is 57.2 Å². The number of carbonyl (C=O) groups excluding carboxylic acids is 1. The van der Waals surface area contributed by atoms with Gasteiger partial charge in [0.15, 0.2) is 0 Å². The van der Waals surface area contributed by atoms with Crippen molar-refractivity contribution in [1.82, 2.24) is 9.78 Å². The highest BCUT2D eigenvalue weighted by Gasteiger charge is 2.23. The van der Waals surface area contributed by atoms with E-state index >= 15 is 0 Å². The summed E-state index contributed by atoms with van der Waals surface area (Å²) in [4.78, 5) is 12.6. The third-order valence-corrected chi connectivity index (χ3v) is 6.03. The van der Waals surface area contributed by atoms with E-state index in [1.165, 1.54) is 24.3 Å². The fraction of sp³-hybridized carbons (Fsp3) is 0.167. The summed E-state index contributed by atoms with van der Waals surface area (Å²) >= 11 is 0. The van der Waals surface area contributed by atoms with E-state index in [9.17, 15) is 17.6 Å². The summed E-state index contributed by atoms with van der Waals surface area (Å²) in [5.41, 5.74) is 1.21. The van der Waals surface area contributed by atoms with Gasteiger partial charge in [-0.2, -0.15) is 9.78 Å². The molecule has 0 spiro atoms. The number of aromatic nitrogens is 2. The maximum atomic E-state index is 13.5. The van der Waals surface area contributed by atoms with Gasteiger partial charge in [-0.1, -0.05) is 36.4 Å². The van der Waals surface area contributed by atoms with Crippen molar-refractivity contribution in [2.75, 3.05) is 4.72 Å². The zero-order valence-corrected chi connectivity index (χ0v) is 19.1. The van der Waals surface area contributed by atoms with E-state index in [0.717, 1.165) is 16.3 Å². The molecule has 170 valence electrons. The van der Waals surface area contributed by atoms with Crippen molar-refractivity contribution in [3.8, 4) is 11.3 Å². The zero-order valence-electron chi connectivity index (χ0n) is 18.2. The normalized spacial score (nSPS) is 12.0. The third-order valence-electron chi connectivity index (χ3n) is 4.65. The van der Waals surface area contributed by atoms with Gasteiger partial charge in [-0.3, -0.25) is 4.72 Å². The van der Waals surface area contributed by atoms with E-state index in [0.29, 0.717) is 16.6 Å². The molecule has 1 N–H and O–H groups in total. The van der Waals surface area contributed by atoms with E-state index in [-0.39, 0.29) is 10.6 Å². The first-order chi connectivity index (χ1) is 15.5. The second-order valence-electron chi connectivity index (χ2n) is 8.40. The van der Waals surface area contributed by atoms with Crippen molar-refractivity contribution in [1.29, 1.82) is 0 Å². The smallest absolute Gasteiger partial charge is 0.435 e. The molecule has 0 saturated carbocycles. The molecule has 0 bridgehead atoms. The molecule has 9 heteroatoms. The Morgan fingerprint density at radius 1 is 1.00 bits per heavy atom. The van der Waals surface area contributed by atoms with Crippen molar-refractivity contribution in [2.24, 2.45) is 0 Å². The van der Waals surface area contributed by atoms with Crippen molar-refractivity contribution >= 4 is 32.7 Å². The topological polar surface area (TPSA) is 90.3 Å². The van der Waals surface area contributed by atoms with E-state index in [4.69, 9.17) is 4.74 Å². The maximum Gasteiger partial charge on any atom is 0.435 e. The standard InChI is InChI=1S/C24H22FN3O4S/c1-24(2,3)32-23(29)28-21-13-12-18(27-33(30,31)19-11-7-10-17(25)14-19)15-20(21)22(26-28)16-8-5-4-6-9-16/h4-15,27H,1-3H3. The van der Waals surface area contributed by atoms with Gasteiger partial charge in [0.2, 0.25) is 0 Å². The minimum absolute atomic E-state index is 0.199. The SMILES string of the molecule is CC(C)(C)OC(=O)n1nc(-c2ccccc2)c2cc(NS(=O)(=O)c3cccc(F)c3)ccc21. The number of hydrogen-bond donors (Lipinski definition) is 1. The first-order valence-electron chi connectivity index (χ1n) is 10.1. The quantitative estimate of drug-likeness (QED) is 0.432. The van der Waals surface area contributed by atoms with Crippen LogP contribution in [0.25, 0.3) is 22.2 Å². The summed E-state index contributed by atoms with van der Waals surface area (Å²) in [6, 6.07) is 18.6. The molecule has 0 aliphatic heterocycles. The van der Waals surface area contributed by atoms with E-state index < -0.39 is 27.5 Å². The highest BCUT2D eigenvalue weighted by Crippen LogP contribution is 2.31. The maximum absolute atomic E-state index is 13.5. The molecule has 0 atom stereocenters. The lowest BCUT2D eigenvalue weighted by molar-refractivity contribution is 0.0523. The van der Waals surface area contributed by atoms with Gasteiger partial charge in [0.1, 0.15) is 17.1 Å². The van der Waals surface area contributed by atoms with Crippen LogP contribution in [0.15, 0.2) is 77.7 Å². The first kappa shape index (κ1) is 22.5. The minimum Gasteiger partial charge on any atom is -0.442 e. The van der Waals surface area contributed by atoms with Gasteiger partial charge in [0.25, 0.3) is 10.0 Å². The number of rotatable bonds is 4. The fourth-order valence-corrected chi connectivity index (χ4v) is 4.36. The van der Waals surface area contributed by atoms with Crippen molar-refractivity contribution in [3.05, 3.63) is 78.6 Å². The van der Waals surface area contributed by atoms with E-state index in [2.05, 4.69) is 9.82 Å². The summed E-state index contributed by atoms with van der Waals surface area (Å²) in [5, 5.41) is 5.01. The van der Waals surface area contributed by atoms with Crippen molar-refractivity contribution in [2.45, 2.75) is 31.3 Å². The zero-order chi connectivity index (χ0) is 23.8. The van der Waals surface area contributed by atoms with Crippen LogP contribution in [0.3, 0.4) is 0 Å². The number of nitrogens with zero attached hydrogens (tertiary/aromatic N) is 2. The number of ether oxygens (including phenoxy) is 1. The number of anilines is 1. The fourth-order valence-electron chi connectivity index (χ4n) is 3.28. The molecule has 7 nitrogen and oxygen atoms in total. The summed E-state index contributed by atoms with van der Waals surface area (Å²) in [5.74, 6) is -0.654. The largest absolute Gasteiger partial charge is 0.442 e. The minimum atomic E-state index is -4.02. The summed E-state index contributed by atoms with van der Waals surface area (Å²) in [7, 11) is -4.02. The molecule has 0 unspecified atom stereocenters. The molecular formula is C24H22FN3O4S. The number of carbonyl (C=O) groups is 1. The van der Waals surface area contributed by atoms with Gasteiger partial charge < -0.3 is 4.74 Å². The molecule has 0 amide bonds. The molecular weight excluding hydrogens is 445 g/mol. The van der Waals surface area contributed by atoms with Gasteiger partial charge in [-0.15, -0.1) is 0 Å². The molecule has 0 saturated heterocycles. The molecule has 1 aromatic heterocycles. The lowest BCUT2D eigenvalue weighted by Crippen LogP contribution is -2.27. The van der Waals surface area contributed by atoms with Crippen LogP contribution in [0, 0.1) is 5.82 Å². The third kappa shape index (κ3) is 4.88. The number of benzene rings is 3. The Balaban J connectivity index is 1.81. The summed E-state index contributed by atoms with van der Waals surface area (Å²) in [6.45, 7) is 5.27. The first-order valence-corrected chi connectivity index (χ1v) is 11.6. The lowest BCUT2D eigenvalue weighted by Gasteiger charge is -2.19. The Morgan fingerprint density at radius 3 is 2.39 bits per heavy atom. The van der Waals surface area contributed by atoms with Gasteiger partial charge in [0.05, 0.1) is 10.4 Å². The number of hydrogen-bond acceptors (Lipinski definition) is 5. The van der Waals surface area contributed by atoms with E-state index in [1.54, 1.807) is 32.9 Å². The molecule has 3 aromatic carbocycles. The van der Waals surface area contributed by atoms with Crippen LogP contribution >= 0.6 is 0 Å². The highest BCUT2D eigenvalue weighted by molar-refractivity contribution is 7.92. The van der Waals surface area contributed by atoms with Gasteiger partial charge in [0, 0.05) is 16.6 Å². The van der Waals surface area contributed by atoms with Crippen molar-refractivity contribution < 1.29 is 22.3 Å². The molecule has 0 aliphatic rings. The second kappa shape index (κ2) is 8.32. The Morgan fingerprint density at radius 2 is 1.73 bits per heavy atom. The van der Waals surface area contributed by atoms with Gasteiger partial charge in [-0.25, -0.2) is 17.6 Å². The van der Waals surface area contributed by atoms with Gasteiger partial charge >= 0.3 is 6.09 Å². The van der Waals surface area contributed by atoms with Crippen LogP contribution in [0.4, 0.5) is 14.9 Å². The predicted molar refractivity (Wildman–Crippen MR) is 124 cm³/mol. The molecule has 1 heterocycles. The average molecular weight is 468 g/mol. The molecule has 33 heavy (non-hydrogen) atoms. The van der Waals surface area contributed by atoms with Crippen LogP contribution in [0.5, 0.6) is 0 Å². The highest BCUT2D eigenvalue weighted by atomic mass is 32.2. The summed E-state index contributed by atoms with van der Waals surface area (Å²) in [6.07, 6.45) is -0.650. The van der Waals surface area contributed by atoms with Crippen molar-refractivity contribution in [3.63, 3.8) is 0 Å². The number of nitrogens with one attached hydrogen (secondary N) is 1. The Labute approximate surface area is 190 Å². The molecule has 0 aliphatic carbocycles. The Kier molecular flexibility index (Phi) is 5.67. The second-order valence-corrected chi connectivity index (χ2v) is 10.1. The van der Waals surface area contributed by atoms with Crippen LogP contribution in [0.2, 0.25) is 0 Å². The molecule has 0 fully saturated rings. The molecule has 0 radical (unpaired) electrons. The Bertz CT molecular complexity index is 1440. The Hall–Kier alpha value is -3.72. The molecule has 4 rings (SSSR count). The lowest BCUT2D eigenvalue weighted by atomic mass is 10.1. The predicted octanol–water partition coefficient (Wildman–Crippen LogP) is 5.43. The average Bonchev–Trinajstić information content (AvgIpc) is 3.12. The number of halogens is 1. The monoisotopic (exact) mass is 467 g/mol. The van der Waals surface area contributed by atoms with Crippen LogP contribution in [-0.2, 0) is 14.8 Å².